The van der Waals surface area contributed by atoms with Crippen molar-refractivity contribution in [2.24, 2.45) is 0 Å². The maximum absolute atomic E-state index is 4.99. The van der Waals surface area contributed by atoms with E-state index in [1.165, 1.54) is 11.5 Å². The van der Waals surface area contributed by atoms with Gasteiger partial charge in [0.1, 0.15) is 0 Å². The Labute approximate surface area is 61.5 Å². The summed E-state index contributed by atoms with van der Waals surface area (Å²) in [5.74, 6) is 0.935. The van der Waals surface area contributed by atoms with E-state index in [-0.39, 0.29) is 0 Å². The SMILES string of the molecule is S=c1snc2n1CCN2. The van der Waals surface area contributed by atoms with Gasteiger partial charge in [-0.2, -0.15) is 4.37 Å². The van der Waals surface area contributed by atoms with Crippen LogP contribution in [-0.2, 0) is 6.54 Å². The topological polar surface area (TPSA) is 29.9 Å². The maximum atomic E-state index is 4.99. The molecule has 1 aromatic rings. The second-order valence-corrected chi connectivity index (χ2v) is 3.25. The van der Waals surface area contributed by atoms with Gasteiger partial charge in [0, 0.05) is 13.1 Å². The molecular formula is C4H5N3S2. The first-order valence-electron chi connectivity index (χ1n) is 2.68. The van der Waals surface area contributed by atoms with E-state index in [4.69, 9.17) is 12.2 Å². The molecule has 3 nitrogen and oxygen atoms in total. The molecular weight excluding hydrogens is 154 g/mol. The average molecular weight is 159 g/mol. The van der Waals surface area contributed by atoms with Gasteiger partial charge in [0.15, 0.2) is 3.95 Å². The molecule has 0 unspecified atom stereocenters. The smallest absolute Gasteiger partial charge is 0.215 e. The highest BCUT2D eigenvalue weighted by atomic mass is 32.2. The van der Waals surface area contributed by atoms with Crippen LogP contribution in [0.25, 0.3) is 0 Å². The lowest BCUT2D eigenvalue weighted by atomic mass is 10.7. The molecule has 0 fully saturated rings. The normalized spacial score (nSPS) is 15.1. The highest BCUT2D eigenvalue weighted by molar-refractivity contribution is 7.73. The fourth-order valence-electron chi connectivity index (χ4n) is 0.872. The molecule has 0 aromatic carbocycles. The minimum Gasteiger partial charge on any atom is -0.353 e. The van der Waals surface area contributed by atoms with Gasteiger partial charge in [-0.15, -0.1) is 0 Å². The Bertz CT molecular complexity index is 274. The molecule has 48 valence electrons. The van der Waals surface area contributed by atoms with E-state index in [9.17, 15) is 0 Å². The van der Waals surface area contributed by atoms with Gasteiger partial charge in [0.25, 0.3) is 0 Å². The maximum Gasteiger partial charge on any atom is 0.215 e. The van der Waals surface area contributed by atoms with E-state index in [0.717, 1.165) is 23.0 Å². The fourth-order valence-corrected chi connectivity index (χ4v) is 1.77. The minimum absolute atomic E-state index is 0.870. The molecule has 1 aromatic heterocycles. The second kappa shape index (κ2) is 1.78. The summed E-state index contributed by atoms with van der Waals surface area (Å²) in [6.07, 6.45) is 0. The van der Waals surface area contributed by atoms with Gasteiger partial charge in [-0.25, -0.2) is 0 Å². The van der Waals surface area contributed by atoms with Crippen LogP contribution in [0.3, 0.4) is 0 Å². The van der Waals surface area contributed by atoms with Crippen LogP contribution in [-0.4, -0.2) is 15.5 Å². The van der Waals surface area contributed by atoms with Crippen molar-refractivity contribution in [3.8, 4) is 0 Å². The summed E-state index contributed by atoms with van der Waals surface area (Å²) in [6.45, 7) is 1.95. The predicted octanol–water partition coefficient (Wildman–Crippen LogP) is 1.10. The molecule has 0 saturated heterocycles. The van der Waals surface area contributed by atoms with Crippen LogP contribution in [0.1, 0.15) is 0 Å². The van der Waals surface area contributed by atoms with Gasteiger partial charge in [-0.3, -0.25) is 4.57 Å². The van der Waals surface area contributed by atoms with Crippen LogP contribution in [0, 0.1) is 3.95 Å². The van der Waals surface area contributed by atoms with Crippen molar-refractivity contribution in [2.75, 3.05) is 11.9 Å². The van der Waals surface area contributed by atoms with Gasteiger partial charge < -0.3 is 5.32 Å². The first-order valence-corrected chi connectivity index (χ1v) is 3.86. The van der Waals surface area contributed by atoms with Crippen molar-refractivity contribution in [3.63, 3.8) is 0 Å². The molecule has 9 heavy (non-hydrogen) atoms. The van der Waals surface area contributed by atoms with Crippen LogP contribution in [0.5, 0.6) is 0 Å². The summed E-state index contributed by atoms with van der Waals surface area (Å²) in [4.78, 5) is 0. The monoisotopic (exact) mass is 159 g/mol. The Hall–Kier alpha value is -0.420. The molecule has 2 heterocycles. The number of anilines is 1. The van der Waals surface area contributed by atoms with Crippen molar-refractivity contribution in [1.29, 1.82) is 0 Å². The first-order chi connectivity index (χ1) is 4.38. The summed E-state index contributed by atoms with van der Waals surface area (Å²) < 4.78 is 6.97. The third-order valence-electron chi connectivity index (χ3n) is 1.30. The van der Waals surface area contributed by atoms with Crippen LogP contribution in [0.15, 0.2) is 0 Å². The number of fused-ring (bicyclic) bond motifs is 1. The van der Waals surface area contributed by atoms with Crippen molar-refractivity contribution < 1.29 is 0 Å². The number of aromatic nitrogens is 2. The number of hydrogen-bond acceptors (Lipinski definition) is 4. The Morgan fingerprint density at radius 2 is 2.67 bits per heavy atom. The van der Waals surface area contributed by atoms with Crippen molar-refractivity contribution in [1.82, 2.24) is 8.94 Å². The third kappa shape index (κ3) is 0.684. The van der Waals surface area contributed by atoms with E-state index in [2.05, 4.69) is 9.69 Å². The van der Waals surface area contributed by atoms with Crippen molar-refractivity contribution in [3.05, 3.63) is 3.95 Å². The van der Waals surface area contributed by atoms with Crippen molar-refractivity contribution >= 4 is 29.7 Å². The highest BCUT2D eigenvalue weighted by Gasteiger charge is 2.10. The average Bonchev–Trinajstić information content (AvgIpc) is 2.35. The molecule has 0 saturated carbocycles. The van der Waals surface area contributed by atoms with Gasteiger partial charge in [0.05, 0.1) is 0 Å². The minimum atomic E-state index is 0.870. The lowest BCUT2D eigenvalue weighted by Gasteiger charge is -1.86. The summed E-state index contributed by atoms with van der Waals surface area (Å²) >= 11 is 6.36. The molecule has 0 spiro atoms. The van der Waals surface area contributed by atoms with Crippen LogP contribution < -0.4 is 5.32 Å². The number of nitrogens with one attached hydrogen (secondary N) is 1. The molecule has 1 aliphatic heterocycles. The third-order valence-corrected chi connectivity index (χ3v) is 2.39. The molecule has 0 bridgehead atoms. The predicted molar refractivity (Wildman–Crippen MR) is 39.4 cm³/mol. The fraction of sp³-hybridized carbons (Fsp3) is 0.500. The van der Waals surface area contributed by atoms with E-state index in [1.54, 1.807) is 0 Å². The summed E-state index contributed by atoms with van der Waals surface area (Å²) in [5.41, 5.74) is 0. The van der Waals surface area contributed by atoms with Gasteiger partial charge in [-0.05, 0) is 23.8 Å². The Morgan fingerprint density at radius 3 is 3.44 bits per heavy atom. The van der Waals surface area contributed by atoms with Crippen LogP contribution >= 0.6 is 23.8 Å². The molecule has 0 radical (unpaired) electrons. The summed E-state index contributed by atoms with van der Waals surface area (Å²) in [6, 6.07) is 0. The molecule has 1 N–H and O–H groups in total. The zero-order chi connectivity index (χ0) is 6.27. The highest BCUT2D eigenvalue weighted by Crippen LogP contribution is 2.14. The largest absolute Gasteiger partial charge is 0.353 e. The van der Waals surface area contributed by atoms with Crippen molar-refractivity contribution in [2.45, 2.75) is 6.54 Å². The van der Waals surface area contributed by atoms with Gasteiger partial charge >= 0.3 is 0 Å². The summed E-state index contributed by atoms with van der Waals surface area (Å²) in [5, 5.41) is 3.12. The molecule has 2 rings (SSSR count). The number of hydrogen-bond donors (Lipinski definition) is 1. The molecule has 0 amide bonds. The lowest BCUT2D eigenvalue weighted by molar-refractivity contribution is 0.804. The summed E-state index contributed by atoms with van der Waals surface area (Å²) in [7, 11) is 0. The van der Waals surface area contributed by atoms with E-state index >= 15 is 0 Å². The number of nitrogens with zero attached hydrogens (tertiary/aromatic N) is 2. The Kier molecular flexibility index (Phi) is 1.06. The number of rotatable bonds is 0. The molecule has 1 aliphatic rings. The lowest BCUT2D eigenvalue weighted by Crippen LogP contribution is -1.93. The Morgan fingerprint density at radius 1 is 1.78 bits per heavy atom. The quantitative estimate of drug-likeness (QED) is 0.575. The standard InChI is InChI=1S/C4H5N3S2/c8-4-7-2-1-5-3(7)6-9-4/h1-2H2,(H,5,6). The second-order valence-electron chi connectivity index (χ2n) is 1.85. The van der Waals surface area contributed by atoms with E-state index < -0.39 is 0 Å². The van der Waals surface area contributed by atoms with Crippen LogP contribution in [0.2, 0.25) is 0 Å². The Balaban J connectivity index is 2.70. The first kappa shape index (κ1) is 5.37. The van der Waals surface area contributed by atoms with Crippen LogP contribution in [0.4, 0.5) is 5.95 Å². The van der Waals surface area contributed by atoms with E-state index in [0.29, 0.717) is 0 Å². The zero-order valence-electron chi connectivity index (χ0n) is 4.63. The van der Waals surface area contributed by atoms with Gasteiger partial charge in [0.2, 0.25) is 5.95 Å². The molecule has 5 heteroatoms. The van der Waals surface area contributed by atoms with E-state index in [1.807, 2.05) is 4.57 Å². The zero-order valence-corrected chi connectivity index (χ0v) is 6.26. The molecule has 0 aliphatic carbocycles. The molecule has 0 atom stereocenters. The van der Waals surface area contributed by atoms with Gasteiger partial charge in [-0.1, -0.05) is 0 Å².